The van der Waals surface area contributed by atoms with Crippen LogP contribution in [0.5, 0.6) is 5.75 Å². The normalized spacial score (nSPS) is 13.0. The smallest absolute Gasteiger partial charge is 0.314 e. The summed E-state index contributed by atoms with van der Waals surface area (Å²) in [4.78, 5) is 17.5. The Kier molecular flexibility index (Phi) is 6.75. The number of hydrogen-bond acceptors (Lipinski definition) is 5. The maximum Gasteiger partial charge on any atom is 0.314 e. The van der Waals surface area contributed by atoms with Gasteiger partial charge in [-0.05, 0) is 29.7 Å². The lowest BCUT2D eigenvalue weighted by molar-refractivity contribution is -0.139. The quantitative estimate of drug-likeness (QED) is 0.256. The Morgan fingerprint density at radius 1 is 0.875 bits per heavy atom. The number of ether oxygens (including phenoxy) is 1. The summed E-state index contributed by atoms with van der Waals surface area (Å²) < 4.78 is 11.2. The van der Waals surface area contributed by atoms with Crippen LogP contribution in [0.2, 0.25) is 0 Å². The summed E-state index contributed by atoms with van der Waals surface area (Å²) in [5, 5.41) is 4.33. The van der Waals surface area contributed by atoms with Crippen molar-refractivity contribution in [2.45, 2.75) is 32.1 Å². The van der Waals surface area contributed by atoms with Gasteiger partial charge in [0.25, 0.3) is 0 Å². The van der Waals surface area contributed by atoms with Gasteiger partial charge in [0.05, 0.1) is 17.8 Å². The minimum Gasteiger partial charge on any atom is -0.426 e. The fraction of sp³-hybridized carbons (Fsp3) is 0.222. The fourth-order valence-electron chi connectivity index (χ4n) is 3.90. The number of benzene rings is 3. The third-order valence-electron chi connectivity index (χ3n) is 5.68. The summed E-state index contributed by atoms with van der Waals surface area (Å²) in [6.45, 7) is 3.85. The summed E-state index contributed by atoms with van der Waals surface area (Å²) >= 11 is 0. The third kappa shape index (κ3) is 4.78. The van der Waals surface area contributed by atoms with E-state index in [4.69, 9.17) is 14.2 Å². The maximum atomic E-state index is 12.8. The first kappa shape index (κ1) is 21.5. The molecule has 32 heavy (non-hydrogen) atoms. The van der Waals surface area contributed by atoms with E-state index < -0.39 is 5.92 Å². The van der Waals surface area contributed by atoms with Gasteiger partial charge in [0.1, 0.15) is 5.75 Å². The number of aromatic nitrogens is 2. The number of hydrogen-bond donors (Lipinski definition) is 0. The predicted octanol–water partition coefficient (Wildman–Crippen LogP) is 5.99. The number of esters is 1. The van der Waals surface area contributed by atoms with Crippen molar-refractivity contribution in [2.24, 2.45) is 5.92 Å². The van der Waals surface area contributed by atoms with Gasteiger partial charge in [-0.15, -0.1) is 0 Å². The van der Waals surface area contributed by atoms with Crippen LogP contribution in [0.25, 0.3) is 0 Å². The second-order valence-electron chi connectivity index (χ2n) is 7.78. The fourth-order valence-corrected chi connectivity index (χ4v) is 3.90. The van der Waals surface area contributed by atoms with Crippen molar-refractivity contribution in [1.82, 2.24) is 10.1 Å². The molecular formula is C27H26N2O3. The first-order chi connectivity index (χ1) is 15.7. The molecular weight excluding hydrogens is 400 g/mol. The Balaban J connectivity index is 1.60. The summed E-state index contributed by atoms with van der Waals surface area (Å²) in [7, 11) is 0. The average molecular weight is 427 g/mol. The highest BCUT2D eigenvalue weighted by Crippen LogP contribution is 2.33. The van der Waals surface area contributed by atoms with Crippen LogP contribution in [0.15, 0.2) is 95.5 Å². The van der Waals surface area contributed by atoms with Gasteiger partial charge in [0.2, 0.25) is 5.89 Å². The summed E-state index contributed by atoms with van der Waals surface area (Å²) in [6.07, 6.45) is 0.675. The third-order valence-corrected chi connectivity index (χ3v) is 5.68. The molecule has 0 amide bonds. The second kappa shape index (κ2) is 10.1. The van der Waals surface area contributed by atoms with E-state index in [2.05, 4.69) is 29.4 Å². The van der Waals surface area contributed by atoms with Gasteiger partial charge in [0.15, 0.2) is 5.82 Å². The molecule has 0 saturated heterocycles. The van der Waals surface area contributed by atoms with Crippen molar-refractivity contribution in [3.63, 3.8) is 0 Å². The molecule has 0 aliphatic heterocycles. The van der Waals surface area contributed by atoms with Crippen molar-refractivity contribution in [3.8, 4) is 5.75 Å². The Morgan fingerprint density at radius 3 is 1.94 bits per heavy atom. The molecule has 2 atom stereocenters. The number of carbonyl (C=O) groups excluding carboxylic acids is 1. The monoisotopic (exact) mass is 426 g/mol. The molecule has 4 aromatic rings. The summed E-state index contributed by atoms with van der Waals surface area (Å²) in [5.41, 5.74) is 2.16. The molecule has 0 aliphatic rings. The molecule has 0 fully saturated rings. The van der Waals surface area contributed by atoms with E-state index in [1.165, 1.54) is 0 Å². The van der Waals surface area contributed by atoms with Crippen molar-refractivity contribution < 1.29 is 14.1 Å². The molecule has 1 heterocycles. The largest absolute Gasteiger partial charge is 0.426 e. The maximum absolute atomic E-state index is 12.8. The first-order valence-electron chi connectivity index (χ1n) is 10.9. The minimum absolute atomic E-state index is 0.154. The molecule has 5 heteroatoms. The highest BCUT2D eigenvalue weighted by molar-refractivity contribution is 5.75. The van der Waals surface area contributed by atoms with Gasteiger partial charge in [-0.1, -0.05) is 97.9 Å². The molecule has 0 saturated carbocycles. The molecule has 0 spiro atoms. The van der Waals surface area contributed by atoms with Crippen LogP contribution in [0.1, 0.15) is 54.9 Å². The van der Waals surface area contributed by atoms with Gasteiger partial charge in [0, 0.05) is 0 Å². The number of nitrogens with zero attached hydrogens (tertiary/aromatic N) is 2. The highest BCUT2D eigenvalue weighted by atomic mass is 16.5. The molecule has 4 rings (SSSR count). The van der Waals surface area contributed by atoms with Crippen LogP contribution >= 0.6 is 0 Å². The SMILES string of the molecule is CCC(c1nc(C(c2ccccc2)c2ccccc2)no1)C(C)C(=O)Oc1ccccc1. The molecule has 5 nitrogen and oxygen atoms in total. The molecule has 162 valence electrons. The molecule has 0 aliphatic carbocycles. The lowest BCUT2D eigenvalue weighted by atomic mass is 9.90. The predicted molar refractivity (Wildman–Crippen MR) is 122 cm³/mol. The molecule has 0 bridgehead atoms. The van der Waals surface area contributed by atoms with Gasteiger partial charge < -0.3 is 9.26 Å². The molecule has 0 N–H and O–H groups in total. The molecule has 2 unspecified atom stereocenters. The zero-order chi connectivity index (χ0) is 22.3. The zero-order valence-electron chi connectivity index (χ0n) is 18.2. The van der Waals surface area contributed by atoms with Crippen molar-refractivity contribution >= 4 is 5.97 Å². The Bertz CT molecular complexity index is 1090. The van der Waals surface area contributed by atoms with Crippen LogP contribution in [-0.4, -0.2) is 16.1 Å². The molecule has 0 radical (unpaired) electrons. The molecule has 1 aromatic heterocycles. The van der Waals surface area contributed by atoms with Crippen LogP contribution in [-0.2, 0) is 4.79 Å². The standard InChI is InChI=1S/C27H26N2O3/c1-3-23(19(2)27(30)31-22-17-11-6-12-18-22)26-28-25(29-32-26)24(20-13-7-4-8-14-20)21-15-9-5-10-16-21/h4-19,23-24H,3H2,1-2H3. The number of para-hydroxylation sites is 1. The van der Waals surface area contributed by atoms with E-state index in [9.17, 15) is 4.79 Å². The average Bonchev–Trinajstić information content (AvgIpc) is 3.31. The van der Waals surface area contributed by atoms with E-state index in [-0.39, 0.29) is 17.8 Å². The number of carbonyl (C=O) groups is 1. The van der Waals surface area contributed by atoms with E-state index in [1.54, 1.807) is 12.1 Å². The van der Waals surface area contributed by atoms with Gasteiger partial charge >= 0.3 is 5.97 Å². The lowest BCUT2D eigenvalue weighted by Gasteiger charge is -2.18. The second-order valence-corrected chi connectivity index (χ2v) is 7.78. The van der Waals surface area contributed by atoms with Crippen molar-refractivity contribution in [3.05, 3.63) is 114 Å². The van der Waals surface area contributed by atoms with E-state index in [0.717, 1.165) is 11.1 Å². The van der Waals surface area contributed by atoms with E-state index in [0.29, 0.717) is 23.9 Å². The van der Waals surface area contributed by atoms with Crippen LogP contribution in [0.4, 0.5) is 0 Å². The summed E-state index contributed by atoms with van der Waals surface area (Å²) in [5.74, 6) is 0.430. The van der Waals surface area contributed by atoms with Gasteiger partial charge in [-0.2, -0.15) is 4.98 Å². The van der Waals surface area contributed by atoms with Crippen LogP contribution in [0.3, 0.4) is 0 Å². The van der Waals surface area contributed by atoms with Crippen molar-refractivity contribution in [2.75, 3.05) is 0 Å². The number of rotatable bonds is 8. The lowest BCUT2D eigenvalue weighted by Crippen LogP contribution is -2.24. The van der Waals surface area contributed by atoms with Crippen LogP contribution in [0, 0.1) is 5.92 Å². The first-order valence-corrected chi connectivity index (χ1v) is 10.9. The Morgan fingerprint density at radius 2 is 1.41 bits per heavy atom. The minimum atomic E-state index is -0.430. The highest BCUT2D eigenvalue weighted by Gasteiger charge is 2.32. The Hall–Kier alpha value is -3.73. The van der Waals surface area contributed by atoms with Crippen molar-refractivity contribution in [1.29, 1.82) is 0 Å². The van der Waals surface area contributed by atoms with E-state index >= 15 is 0 Å². The molecule has 3 aromatic carbocycles. The van der Waals surface area contributed by atoms with E-state index in [1.807, 2.05) is 68.4 Å². The van der Waals surface area contributed by atoms with Gasteiger partial charge in [-0.25, -0.2) is 0 Å². The van der Waals surface area contributed by atoms with Gasteiger partial charge in [-0.3, -0.25) is 4.79 Å². The zero-order valence-corrected chi connectivity index (χ0v) is 18.2. The van der Waals surface area contributed by atoms with Crippen LogP contribution < -0.4 is 4.74 Å². The summed E-state index contributed by atoms with van der Waals surface area (Å²) in [6, 6.07) is 29.3. The topological polar surface area (TPSA) is 65.2 Å². The Labute approximate surface area is 188 Å².